The van der Waals surface area contributed by atoms with Crippen LogP contribution in [-0.2, 0) is 9.63 Å². The first-order chi connectivity index (χ1) is 12.5. The molecule has 0 aliphatic carbocycles. The Morgan fingerprint density at radius 1 is 1.23 bits per heavy atom. The molecule has 7 heteroatoms. The summed E-state index contributed by atoms with van der Waals surface area (Å²) in [6.45, 7) is 4.11. The normalized spacial score (nSPS) is 10.6. The monoisotopic (exact) mass is 376 g/mol. The number of carbonyl (C=O) groups excluding carboxylic acids is 1. The Morgan fingerprint density at radius 3 is 2.73 bits per heavy atom. The molecule has 6 nitrogen and oxygen atoms in total. The molecule has 0 unspecified atom stereocenters. The molecule has 0 radical (unpaired) electrons. The van der Waals surface area contributed by atoms with E-state index in [1.807, 2.05) is 19.9 Å². The number of benzene rings is 2. The van der Waals surface area contributed by atoms with Gasteiger partial charge in [0.15, 0.2) is 18.1 Å². The molecule has 138 valence electrons. The summed E-state index contributed by atoms with van der Waals surface area (Å²) in [6, 6.07) is 10.6. The van der Waals surface area contributed by atoms with Crippen LogP contribution in [-0.4, -0.2) is 32.4 Å². The van der Waals surface area contributed by atoms with Crippen molar-refractivity contribution in [2.45, 2.75) is 13.8 Å². The molecule has 0 spiro atoms. The summed E-state index contributed by atoms with van der Waals surface area (Å²) in [5.74, 6) is 0.953. The van der Waals surface area contributed by atoms with Crippen molar-refractivity contribution in [2.75, 3.05) is 25.6 Å². The van der Waals surface area contributed by atoms with Crippen LogP contribution < -0.4 is 14.8 Å². The second kappa shape index (κ2) is 9.68. The Hall–Kier alpha value is -2.73. The minimum atomic E-state index is -0.308. The molecule has 1 N–H and O–H groups in total. The topological polar surface area (TPSA) is 69.2 Å². The fourth-order valence-corrected chi connectivity index (χ4v) is 2.41. The number of hydrogen-bond acceptors (Lipinski definition) is 5. The van der Waals surface area contributed by atoms with Gasteiger partial charge in [-0.3, -0.25) is 4.79 Å². The summed E-state index contributed by atoms with van der Waals surface area (Å²) in [7, 11) is 1.57. The summed E-state index contributed by atoms with van der Waals surface area (Å²) in [4.78, 5) is 16.9. The van der Waals surface area contributed by atoms with Crippen molar-refractivity contribution in [3.8, 4) is 11.5 Å². The van der Waals surface area contributed by atoms with Gasteiger partial charge in [-0.25, -0.2) is 0 Å². The Labute approximate surface area is 157 Å². The number of halogens is 1. The maximum Gasteiger partial charge on any atom is 0.265 e. The van der Waals surface area contributed by atoms with E-state index in [4.69, 9.17) is 25.9 Å². The predicted octanol–water partition coefficient (Wildman–Crippen LogP) is 4.04. The Balaban J connectivity index is 1.87. The zero-order valence-corrected chi connectivity index (χ0v) is 15.7. The zero-order valence-electron chi connectivity index (χ0n) is 14.9. The third kappa shape index (κ3) is 5.67. The van der Waals surface area contributed by atoms with E-state index in [-0.39, 0.29) is 12.5 Å². The molecule has 0 fully saturated rings. The molecular weight excluding hydrogens is 356 g/mol. The summed E-state index contributed by atoms with van der Waals surface area (Å²) in [6.07, 6.45) is 1.50. The molecule has 2 rings (SSSR count). The van der Waals surface area contributed by atoms with E-state index in [2.05, 4.69) is 10.5 Å². The van der Waals surface area contributed by atoms with Crippen LogP contribution >= 0.6 is 11.6 Å². The Morgan fingerprint density at radius 2 is 2.04 bits per heavy atom. The van der Waals surface area contributed by atoms with E-state index in [0.717, 1.165) is 11.1 Å². The number of nitrogens with one attached hydrogen (secondary N) is 1. The zero-order chi connectivity index (χ0) is 18.9. The lowest BCUT2D eigenvalue weighted by molar-refractivity contribution is -0.120. The molecule has 0 aliphatic heterocycles. The molecule has 2 aromatic rings. The maximum atomic E-state index is 11.9. The average Bonchev–Trinajstić information content (AvgIpc) is 2.62. The fraction of sp³-hybridized carbons (Fsp3) is 0.263. The van der Waals surface area contributed by atoms with Crippen LogP contribution in [0, 0.1) is 6.92 Å². The number of aryl methyl sites for hydroxylation is 1. The predicted molar refractivity (Wildman–Crippen MR) is 103 cm³/mol. The van der Waals surface area contributed by atoms with Gasteiger partial charge in [-0.15, -0.1) is 0 Å². The van der Waals surface area contributed by atoms with Gasteiger partial charge in [0.2, 0.25) is 0 Å². The van der Waals surface area contributed by atoms with Crippen LogP contribution in [0.1, 0.15) is 18.1 Å². The van der Waals surface area contributed by atoms with Gasteiger partial charge in [-0.1, -0.05) is 16.8 Å². The van der Waals surface area contributed by atoms with Gasteiger partial charge in [0.25, 0.3) is 5.91 Å². The van der Waals surface area contributed by atoms with Crippen LogP contribution in [0.25, 0.3) is 0 Å². The molecule has 0 atom stereocenters. The van der Waals surface area contributed by atoms with Gasteiger partial charge in [0, 0.05) is 16.3 Å². The van der Waals surface area contributed by atoms with Crippen LogP contribution in [0.5, 0.6) is 11.5 Å². The van der Waals surface area contributed by atoms with E-state index in [0.29, 0.717) is 28.8 Å². The van der Waals surface area contributed by atoms with Crippen molar-refractivity contribution in [3.05, 3.63) is 52.5 Å². The summed E-state index contributed by atoms with van der Waals surface area (Å²) >= 11 is 5.89. The van der Waals surface area contributed by atoms with Gasteiger partial charge < -0.3 is 19.6 Å². The lowest BCUT2D eigenvalue weighted by Gasteiger charge is -2.09. The molecule has 26 heavy (non-hydrogen) atoms. The molecule has 0 saturated heterocycles. The molecule has 0 aromatic heterocycles. The number of amides is 1. The molecule has 2 aromatic carbocycles. The quantitative estimate of drug-likeness (QED) is 0.557. The molecule has 0 heterocycles. The number of rotatable bonds is 8. The van der Waals surface area contributed by atoms with E-state index in [1.165, 1.54) is 6.21 Å². The van der Waals surface area contributed by atoms with E-state index >= 15 is 0 Å². The van der Waals surface area contributed by atoms with Crippen molar-refractivity contribution < 1.29 is 19.1 Å². The van der Waals surface area contributed by atoms with Gasteiger partial charge >= 0.3 is 0 Å². The number of oxime groups is 1. The highest BCUT2D eigenvalue weighted by atomic mass is 35.5. The summed E-state index contributed by atoms with van der Waals surface area (Å²) < 4.78 is 10.7. The van der Waals surface area contributed by atoms with Crippen LogP contribution in [0.3, 0.4) is 0 Å². The first-order valence-electron chi connectivity index (χ1n) is 8.05. The van der Waals surface area contributed by atoms with Crippen molar-refractivity contribution >= 4 is 29.4 Å². The van der Waals surface area contributed by atoms with E-state index < -0.39 is 0 Å². The number of methoxy groups -OCH3 is 1. The summed E-state index contributed by atoms with van der Waals surface area (Å²) in [5, 5.41) is 7.17. The number of ether oxygens (including phenoxy) is 2. The molecule has 1 amide bonds. The second-order valence-electron chi connectivity index (χ2n) is 5.36. The highest BCUT2D eigenvalue weighted by molar-refractivity contribution is 6.30. The van der Waals surface area contributed by atoms with Gasteiger partial charge in [-0.05, 0) is 55.8 Å². The van der Waals surface area contributed by atoms with E-state index in [9.17, 15) is 4.79 Å². The standard InChI is InChI=1S/C19H21ClN2O4/c1-4-25-17-8-5-14(10-18(17)24-3)11-21-26-12-19(23)22-16-7-6-15(20)9-13(16)2/h5-11H,4,12H2,1-3H3,(H,22,23)/b21-11+. The number of anilines is 1. The minimum absolute atomic E-state index is 0.202. The van der Waals surface area contributed by atoms with Crippen molar-refractivity contribution in [1.29, 1.82) is 0 Å². The highest BCUT2D eigenvalue weighted by Gasteiger charge is 2.06. The third-order valence-electron chi connectivity index (χ3n) is 3.42. The summed E-state index contributed by atoms with van der Waals surface area (Å²) in [5.41, 5.74) is 2.32. The third-order valence-corrected chi connectivity index (χ3v) is 3.66. The number of hydrogen-bond donors (Lipinski definition) is 1. The Bertz CT molecular complexity index is 793. The molecular formula is C19H21ClN2O4. The SMILES string of the molecule is CCOc1ccc(/C=N/OCC(=O)Nc2ccc(Cl)cc2C)cc1OC. The van der Waals surface area contributed by atoms with Crippen molar-refractivity contribution in [3.63, 3.8) is 0 Å². The minimum Gasteiger partial charge on any atom is -0.493 e. The maximum absolute atomic E-state index is 11.9. The van der Waals surface area contributed by atoms with E-state index in [1.54, 1.807) is 37.4 Å². The fourth-order valence-electron chi connectivity index (χ4n) is 2.19. The second-order valence-corrected chi connectivity index (χ2v) is 5.80. The van der Waals surface area contributed by atoms with Gasteiger partial charge in [-0.2, -0.15) is 0 Å². The van der Waals surface area contributed by atoms with Gasteiger partial charge in [0.1, 0.15) is 0 Å². The van der Waals surface area contributed by atoms with Gasteiger partial charge in [0.05, 0.1) is 19.9 Å². The number of nitrogens with zero attached hydrogens (tertiary/aromatic N) is 1. The lowest BCUT2D eigenvalue weighted by Crippen LogP contribution is -2.17. The highest BCUT2D eigenvalue weighted by Crippen LogP contribution is 2.27. The first kappa shape index (κ1) is 19.6. The van der Waals surface area contributed by atoms with Crippen LogP contribution in [0.15, 0.2) is 41.6 Å². The lowest BCUT2D eigenvalue weighted by atomic mass is 10.2. The largest absolute Gasteiger partial charge is 0.493 e. The smallest absolute Gasteiger partial charge is 0.265 e. The first-order valence-corrected chi connectivity index (χ1v) is 8.43. The molecule has 0 bridgehead atoms. The average molecular weight is 377 g/mol. The molecule has 0 aliphatic rings. The number of carbonyl (C=O) groups is 1. The van der Waals surface area contributed by atoms with Crippen molar-refractivity contribution in [1.82, 2.24) is 0 Å². The Kier molecular flexibility index (Phi) is 7.29. The van der Waals surface area contributed by atoms with Crippen molar-refractivity contribution in [2.24, 2.45) is 5.16 Å². The van der Waals surface area contributed by atoms with Crippen LogP contribution in [0.4, 0.5) is 5.69 Å². The molecule has 0 saturated carbocycles. The van der Waals surface area contributed by atoms with Crippen LogP contribution in [0.2, 0.25) is 5.02 Å².